The quantitative estimate of drug-likeness (QED) is 0.379. The van der Waals surface area contributed by atoms with Gasteiger partial charge in [0, 0.05) is 24.9 Å². The largest absolute Gasteiger partial charge is 0.422 e. The normalized spacial score (nSPS) is 12.0. The fourth-order valence-corrected chi connectivity index (χ4v) is 4.54. The molecule has 4 heterocycles. The summed E-state index contributed by atoms with van der Waals surface area (Å²) >= 11 is 0. The van der Waals surface area contributed by atoms with Crippen LogP contribution in [0.1, 0.15) is 22.5 Å². The third kappa shape index (κ3) is 2.77. The standard InChI is InChI=1S/C25H20N4O4/c1-12-20-22(26-28(12)3)16-10-14(5-7-18(16)32-24(20)30)9-15-6-8-19-17(11-15)23-21(25(31)33-19)13(2)29(4)27-23/h5-8,10-11H,9H2,1-4H3. The van der Waals surface area contributed by atoms with Crippen molar-refractivity contribution in [3.05, 3.63) is 79.8 Å². The molecular weight excluding hydrogens is 420 g/mol. The van der Waals surface area contributed by atoms with E-state index in [1.807, 2.05) is 64.3 Å². The van der Waals surface area contributed by atoms with Crippen molar-refractivity contribution in [2.24, 2.45) is 14.1 Å². The average molecular weight is 440 g/mol. The first-order valence-electron chi connectivity index (χ1n) is 10.6. The van der Waals surface area contributed by atoms with Crippen LogP contribution in [0.25, 0.3) is 43.7 Å². The van der Waals surface area contributed by atoms with Gasteiger partial charge < -0.3 is 8.83 Å². The molecule has 0 saturated carbocycles. The van der Waals surface area contributed by atoms with Crippen molar-refractivity contribution in [1.29, 1.82) is 0 Å². The molecule has 0 radical (unpaired) electrons. The van der Waals surface area contributed by atoms with E-state index in [-0.39, 0.29) is 11.3 Å². The molecule has 0 N–H and O–H groups in total. The van der Waals surface area contributed by atoms with Crippen LogP contribution in [0.3, 0.4) is 0 Å². The Labute approximate surface area is 186 Å². The number of benzene rings is 2. The summed E-state index contributed by atoms with van der Waals surface area (Å²) in [6.45, 7) is 3.71. The Bertz CT molecular complexity index is 1750. The third-order valence-corrected chi connectivity index (χ3v) is 6.49. The maximum absolute atomic E-state index is 12.4. The molecule has 0 aliphatic heterocycles. The summed E-state index contributed by atoms with van der Waals surface area (Å²) in [6, 6.07) is 11.6. The Morgan fingerprint density at radius 3 is 1.58 bits per heavy atom. The maximum atomic E-state index is 12.4. The van der Waals surface area contributed by atoms with Crippen molar-refractivity contribution >= 4 is 43.7 Å². The molecule has 4 aromatic heterocycles. The monoisotopic (exact) mass is 440 g/mol. The van der Waals surface area contributed by atoms with Crippen LogP contribution in [0, 0.1) is 13.8 Å². The van der Waals surface area contributed by atoms with Crippen LogP contribution in [0.2, 0.25) is 0 Å². The summed E-state index contributed by atoms with van der Waals surface area (Å²) < 4.78 is 14.5. The zero-order valence-electron chi connectivity index (χ0n) is 18.6. The molecule has 8 nitrogen and oxygen atoms in total. The minimum absolute atomic E-state index is 0.374. The van der Waals surface area contributed by atoms with Crippen LogP contribution < -0.4 is 11.3 Å². The molecule has 0 unspecified atom stereocenters. The number of hydrogen-bond donors (Lipinski definition) is 0. The summed E-state index contributed by atoms with van der Waals surface area (Å²) in [5, 5.41) is 11.7. The third-order valence-electron chi connectivity index (χ3n) is 6.49. The van der Waals surface area contributed by atoms with Gasteiger partial charge in [0.1, 0.15) is 33.0 Å². The number of hydrogen-bond acceptors (Lipinski definition) is 6. The Kier molecular flexibility index (Phi) is 3.93. The summed E-state index contributed by atoms with van der Waals surface area (Å²) in [7, 11) is 3.63. The van der Waals surface area contributed by atoms with Crippen molar-refractivity contribution in [2.45, 2.75) is 20.3 Å². The van der Waals surface area contributed by atoms with Crippen molar-refractivity contribution in [1.82, 2.24) is 19.6 Å². The lowest BCUT2D eigenvalue weighted by molar-refractivity contribution is 0.569. The van der Waals surface area contributed by atoms with Crippen LogP contribution in [-0.4, -0.2) is 19.6 Å². The average Bonchev–Trinajstić information content (AvgIpc) is 3.26. The Hall–Kier alpha value is -4.20. The van der Waals surface area contributed by atoms with Gasteiger partial charge in [-0.25, -0.2) is 9.59 Å². The summed E-state index contributed by atoms with van der Waals surface area (Å²) in [4.78, 5) is 24.9. The number of fused-ring (bicyclic) bond motifs is 6. The highest BCUT2D eigenvalue weighted by molar-refractivity contribution is 6.04. The van der Waals surface area contributed by atoms with Gasteiger partial charge >= 0.3 is 11.3 Å². The second-order valence-electron chi connectivity index (χ2n) is 8.48. The number of aromatic nitrogens is 4. The van der Waals surface area contributed by atoms with Gasteiger partial charge in [0.05, 0.1) is 11.4 Å². The predicted octanol–water partition coefficient (Wildman–Crippen LogP) is 3.88. The van der Waals surface area contributed by atoms with Crippen LogP contribution in [0.5, 0.6) is 0 Å². The van der Waals surface area contributed by atoms with Crippen LogP contribution in [0.15, 0.2) is 54.8 Å². The molecule has 0 atom stereocenters. The zero-order chi connectivity index (χ0) is 23.0. The molecule has 2 aromatic carbocycles. The first-order chi connectivity index (χ1) is 15.8. The van der Waals surface area contributed by atoms with Crippen LogP contribution in [0.4, 0.5) is 0 Å². The van der Waals surface area contributed by atoms with E-state index in [4.69, 9.17) is 8.83 Å². The van der Waals surface area contributed by atoms with Crippen molar-refractivity contribution in [3.63, 3.8) is 0 Å². The molecule has 0 fully saturated rings. The van der Waals surface area contributed by atoms with Crippen molar-refractivity contribution < 1.29 is 8.83 Å². The van der Waals surface area contributed by atoms with Gasteiger partial charge in [-0.05, 0) is 55.7 Å². The fourth-order valence-electron chi connectivity index (χ4n) is 4.54. The number of rotatable bonds is 2. The highest BCUT2D eigenvalue weighted by Gasteiger charge is 2.17. The van der Waals surface area contributed by atoms with Gasteiger partial charge in [-0.2, -0.15) is 10.2 Å². The van der Waals surface area contributed by atoms with Gasteiger partial charge in [0.25, 0.3) is 0 Å². The van der Waals surface area contributed by atoms with E-state index < -0.39 is 0 Å². The van der Waals surface area contributed by atoms with Crippen LogP contribution >= 0.6 is 0 Å². The molecule has 6 rings (SSSR count). The van der Waals surface area contributed by atoms with Gasteiger partial charge in [0.15, 0.2) is 0 Å². The minimum atomic E-state index is -0.374. The van der Waals surface area contributed by atoms with Crippen LogP contribution in [-0.2, 0) is 20.5 Å². The Morgan fingerprint density at radius 1 is 0.727 bits per heavy atom. The summed E-state index contributed by atoms with van der Waals surface area (Å²) in [6.07, 6.45) is 0.644. The lowest BCUT2D eigenvalue weighted by Gasteiger charge is -2.06. The predicted molar refractivity (Wildman–Crippen MR) is 126 cm³/mol. The lowest BCUT2D eigenvalue weighted by Crippen LogP contribution is -2.01. The topological polar surface area (TPSA) is 96.1 Å². The van der Waals surface area contributed by atoms with E-state index in [9.17, 15) is 9.59 Å². The second kappa shape index (κ2) is 6.65. The lowest BCUT2D eigenvalue weighted by atomic mass is 10.0. The number of aryl methyl sites for hydroxylation is 4. The maximum Gasteiger partial charge on any atom is 0.347 e. The van der Waals surface area contributed by atoms with Crippen molar-refractivity contribution in [3.8, 4) is 0 Å². The molecule has 0 amide bonds. The van der Waals surface area contributed by atoms with E-state index in [1.54, 1.807) is 9.36 Å². The molecule has 0 aliphatic carbocycles. The SMILES string of the molecule is Cc1c2c(=O)oc3ccc(Cc4ccc5oc(=O)c6c(C)n(C)nc6c5c4)cc3c2nn1C. The first kappa shape index (κ1) is 19.5. The fraction of sp³-hybridized carbons (Fsp3) is 0.200. The van der Waals surface area contributed by atoms with Gasteiger partial charge in [0.2, 0.25) is 0 Å². The molecule has 164 valence electrons. The summed E-state index contributed by atoms with van der Waals surface area (Å²) in [5.74, 6) is 0. The zero-order valence-corrected chi connectivity index (χ0v) is 18.6. The second-order valence-corrected chi connectivity index (χ2v) is 8.48. The van der Waals surface area contributed by atoms with E-state index in [1.165, 1.54) is 0 Å². The highest BCUT2D eigenvalue weighted by atomic mass is 16.4. The Morgan fingerprint density at radius 2 is 1.15 bits per heavy atom. The van der Waals surface area contributed by atoms with E-state index in [2.05, 4.69) is 10.2 Å². The molecule has 8 heteroatoms. The molecule has 33 heavy (non-hydrogen) atoms. The number of nitrogens with zero attached hydrogens (tertiary/aromatic N) is 4. The van der Waals surface area contributed by atoms with Crippen molar-refractivity contribution in [2.75, 3.05) is 0 Å². The molecule has 0 saturated heterocycles. The molecule has 0 aliphatic rings. The van der Waals surface area contributed by atoms with E-state index >= 15 is 0 Å². The first-order valence-corrected chi connectivity index (χ1v) is 10.6. The van der Waals surface area contributed by atoms with Gasteiger partial charge in [-0.15, -0.1) is 0 Å². The Balaban J connectivity index is 1.51. The van der Waals surface area contributed by atoms with Gasteiger partial charge in [-0.1, -0.05) is 12.1 Å². The molecule has 6 aromatic rings. The highest BCUT2D eigenvalue weighted by Crippen LogP contribution is 2.28. The summed E-state index contributed by atoms with van der Waals surface area (Å²) in [5.41, 5.74) is 5.22. The van der Waals surface area contributed by atoms with Gasteiger partial charge in [-0.3, -0.25) is 9.36 Å². The smallest absolute Gasteiger partial charge is 0.347 e. The molecular formula is C25H20N4O4. The van der Waals surface area contributed by atoms with E-state index in [0.717, 1.165) is 33.3 Å². The minimum Gasteiger partial charge on any atom is -0.422 e. The molecule has 0 spiro atoms. The molecule has 0 bridgehead atoms. The van der Waals surface area contributed by atoms with E-state index in [0.29, 0.717) is 39.4 Å².